The molecule has 0 unspecified atom stereocenters. The van der Waals surface area contributed by atoms with Crippen LogP contribution < -0.4 is 10.2 Å². The van der Waals surface area contributed by atoms with Gasteiger partial charge in [-0.05, 0) is 45.0 Å². The molecule has 0 aliphatic carbocycles. The first-order valence-electron chi connectivity index (χ1n) is 7.71. The molecule has 1 aromatic rings. The molecule has 1 amide bonds. The summed E-state index contributed by atoms with van der Waals surface area (Å²) in [6, 6.07) is 6.27. The highest BCUT2D eigenvalue weighted by Crippen LogP contribution is 2.26. The van der Waals surface area contributed by atoms with Gasteiger partial charge in [-0.3, -0.25) is 4.79 Å². The van der Waals surface area contributed by atoms with E-state index in [1.807, 2.05) is 20.8 Å². The SMILES string of the molecule is C[C@@H]1C[NH+]([C@@H](C)C(=O)Nc2ccc(SC(F)F)cc2)C[C@@H](C)O1. The van der Waals surface area contributed by atoms with Crippen LogP contribution in [0.4, 0.5) is 14.5 Å². The second kappa shape index (κ2) is 8.08. The zero-order chi connectivity index (χ0) is 17.0. The van der Waals surface area contributed by atoms with E-state index in [0.29, 0.717) is 22.3 Å². The standard InChI is InChI=1S/C16H22F2N2O2S/c1-10-8-20(9-11(2)22-10)12(3)15(21)19-13-4-6-14(7-5-13)23-16(17)18/h4-7,10-12,16H,8-9H2,1-3H3,(H,19,21)/p+1/t10-,11-,12+/m1/s1. The average Bonchev–Trinajstić information content (AvgIpc) is 2.47. The predicted octanol–water partition coefficient (Wildman–Crippen LogP) is 2.02. The molecule has 0 radical (unpaired) electrons. The third-order valence-electron chi connectivity index (χ3n) is 3.92. The van der Waals surface area contributed by atoms with Gasteiger partial charge in [0.25, 0.3) is 11.7 Å². The van der Waals surface area contributed by atoms with E-state index in [0.717, 1.165) is 13.1 Å². The van der Waals surface area contributed by atoms with Crippen molar-refractivity contribution in [2.45, 2.75) is 49.7 Å². The lowest BCUT2D eigenvalue weighted by atomic mass is 10.1. The van der Waals surface area contributed by atoms with Gasteiger partial charge in [-0.15, -0.1) is 0 Å². The highest BCUT2D eigenvalue weighted by molar-refractivity contribution is 7.99. The Labute approximate surface area is 139 Å². The maximum atomic E-state index is 12.4. The molecule has 2 N–H and O–H groups in total. The van der Waals surface area contributed by atoms with E-state index in [9.17, 15) is 13.6 Å². The molecule has 3 atom stereocenters. The number of halogens is 2. The summed E-state index contributed by atoms with van der Waals surface area (Å²) in [4.78, 5) is 14.1. The van der Waals surface area contributed by atoms with Crippen LogP contribution in [0.25, 0.3) is 0 Å². The number of thioether (sulfide) groups is 1. The summed E-state index contributed by atoms with van der Waals surface area (Å²) >= 11 is 0.491. The number of hydrogen-bond donors (Lipinski definition) is 2. The number of rotatable bonds is 5. The summed E-state index contributed by atoms with van der Waals surface area (Å²) in [5.41, 5.74) is 0.620. The van der Waals surface area contributed by atoms with Gasteiger partial charge in [-0.25, -0.2) is 0 Å². The smallest absolute Gasteiger partial charge is 0.288 e. The Morgan fingerprint density at radius 2 is 1.83 bits per heavy atom. The molecule has 1 fully saturated rings. The van der Waals surface area contributed by atoms with Crippen molar-refractivity contribution in [1.82, 2.24) is 0 Å². The van der Waals surface area contributed by atoms with Crippen LogP contribution in [0, 0.1) is 0 Å². The highest BCUT2D eigenvalue weighted by atomic mass is 32.2. The summed E-state index contributed by atoms with van der Waals surface area (Å²) in [6.07, 6.45) is 0.268. The molecule has 1 aliphatic rings. The third kappa shape index (κ3) is 5.44. The molecule has 1 aromatic carbocycles. The fourth-order valence-corrected chi connectivity index (χ4v) is 3.32. The molecule has 0 aromatic heterocycles. The van der Waals surface area contributed by atoms with E-state index in [2.05, 4.69) is 5.32 Å². The first-order valence-corrected chi connectivity index (χ1v) is 8.59. The van der Waals surface area contributed by atoms with Crippen LogP contribution in [0.15, 0.2) is 29.2 Å². The molecule has 2 rings (SSSR count). The maximum absolute atomic E-state index is 12.4. The highest BCUT2D eigenvalue weighted by Gasteiger charge is 2.32. The molecular weight excluding hydrogens is 322 g/mol. The number of quaternary nitrogens is 1. The Morgan fingerprint density at radius 3 is 2.35 bits per heavy atom. The summed E-state index contributed by atoms with van der Waals surface area (Å²) in [5.74, 6) is -2.51. The Morgan fingerprint density at radius 1 is 1.26 bits per heavy atom. The number of morpholine rings is 1. The van der Waals surface area contributed by atoms with Crippen LogP contribution in [-0.2, 0) is 9.53 Å². The number of ether oxygens (including phenoxy) is 1. The van der Waals surface area contributed by atoms with E-state index >= 15 is 0 Å². The zero-order valence-corrected chi connectivity index (χ0v) is 14.3. The first kappa shape index (κ1) is 18.2. The van der Waals surface area contributed by atoms with Crippen LogP contribution in [0.5, 0.6) is 0 Å². The maximum Gasteiger partial charge on any atom is 0.288 e. The number of carbonyl (C=O) groups is 1. The molecule has 0 saturated carbocycles. The summed E-state index contributed by atoms with van der Waals surface area (Å²) in [7, 11) is 0. The number of benzene rings is 1. The van der Waals surface area contributed by atoms with Crippen LogP contribution in [0.2, 0.25) is 0 Å². The van der Waals surface area contributed by atoms with Gasteiger partial charge in [-0.2, -0.15) is 8.78 Å². The minimum atomic E-state index is -2.44. The quantitative estimate of drug-likeness (QED) is 0.803. The minimum Gasteiger partial charge on any atom is -0.364 e. The molecule has 1 aliphatic heterocycles. The van der Waals surface area contributed by atoms with Crippen molar-refractivity contribution < 1.29 is 23.2 Å². The second-order valence-electron chi connectivity index (χ2n) is 5.94. The van der Waals surface area contributed by atoms with Gasteiger partial charge in [0.2, 0.25) is 0 Å². The molecule has 0 spiro atoms. The normalized spacial score (nSPS) is 26.1. The van der Waals surface area contributed by atoms with Gasteiger partial charge in [-0.1, -0.05) is 11.8 Å². The van der Waals surface area contributed by atoms with Crippen molar-refractivity contribution in [3.8, 4) is 0 Å². The largest absolute Gasteiger partial charge is 0.364 e. The lowest BCUT2D eigenvalue weighted by molar-refractivity contribution is -0.928. The Balaban J connectivity index is 1.92. The third-order valence-corrected chi connectivity index (χ3v) is 4.64. The number of anilines is 1. The predicted molar refractivity (Wildman–Crippen MR) is 87.1 cm³/mol. The first-order chi connectivity index (χ1) is 10.8. The molecule has 23 heavy (non-hydrogen) atoms. The number of nitrogens with one attached hydrogen (secondary N) is 2. The van der Waals surface area contributed by atoms with Gasteiger partial charge < -0.3 is 15.0 Å². The van der Waals surface area contributed by atoms with Crippen molar-refractivity contribution in [1.29, 1.82) is 0 Å². The van der Waals surface area contributed by atoms with E-state index < -0.39 is 5.76 Å². The van der Waals surface area contributed by atoms with E-state index in [1.165, 1.54) is 4.90 Å². The summed E-state index contributed by atoms with van der Waals surface area (Å²) < 4.78 is 30.3. The van der Waals surface area contributed by atoms with Crippen LogP contribution in [0.3, 0.4) is 0 Å². The fraction of sp³-hybridized carbons (Fsp3) is 0.562. The van der Waals surface area contributed by atoms with Crippen LogP contribution >= 0.6 is 11.8 Å². The summed E-state index contributed by atoms with van der Waals surface area (Å²) in [5, 5.41) is 2.85. The van der Waals surface area contributed by atoms with Crippen molar-refractivity contribution in [3.05, 3.63) is 24.3 Å². The van der Waals surface area contributed by atoms with Gasteiger partial charge in [0, 0.05) is 10.6 Å². The van der Waals surface area contributed by atoms with Gasteiger partial charge in [0.05, 0.1) is 0 Å². The number of carbonyl (C=O) groups excluding carboxylic acids is 1. The van der Waals surface area contributed by atoms with Crippen molar-refractivity contribution >= 4 is 23.4 Å². The molecule has 1 heterocycles. The molecule has 7 heteroatoms. The number of hydrogen-bond acceptors (Lipinski definition) is 3. The molecular formula is C16H23F2N2O2S+. The van der Waals surface area contributed by atoms with Crippen LogP contribution in [-0.4, -0.2) is 43.0 Å². The molecule has 1 saturated heterocycles. The van der Waals surface area contributed by atoms with Crippen molar-refractivity contribution in [2.75, 3.05) is 18.4 Å². The fourth-order valence-electron chi connectivity index (χ4n) is 2.82. The van der Waals surface area contributed by atoms with Gasteiger partial charge in [0.1, 0.15) is 25.3 Å². The minimum absolute atomic E-state index is 0.0736. The molecule has 4 nitrogen and oxygen atoms in total. The number of amides is 1. The Kier molecular flexibility index (Phi) is 6.38. The zero-order valence-electron chi connectivity index (χ0n) is 13.5. The second-order valence-corrected chi connectivity index (χ2v) is 7.00. The van der Waals surface area contributed by atoms with Crippen molar-refractivity contribution in [2.24, 2.45) is 0 Å². The van der Waals surface area contributed by atoms with E-state index in [1.54, 1.807) is 24.3 Å². The average molecular weight is 345 g/mol. The lowest BCUT2D eigenvalue weighted by Gasteiger charge is -2.35. The van der Waals surface area contributed by atoms with Gasteiger partial charge in [0.15, 0.2) is 6.04 Å². The Hall–Kier alpha value is -1.18. The van der Waals surface area contributed by atoms with Crippen LogP contribution in [0.1, 0.15) is 20.8 Å². The summed E-state index contributed by atoms with van der Waals surface area (Å²) in [6.45, 7) is 7.52. The van der Waals surface area contributed by atoms with E-state index in [-0.39, 0.29) is 24.2 Å². The number of alkyl halides is 2. The monoisotopic (exact) mass is 345 g/mol. The topological polar surface area (TPSA) is 42.8 Å². The molecule has 0 bridgehead atoms. The van der Waals surface area contributed by atoms with Gasteiger partial charge >= 0.3 is 0 Å². The lowest BCUT2D eigenvalue weighted by Crippen LogP contribution is -3.19. The van der Waals surface area contributed by atoms with E-state index in [4.69, 9.17) is 4.74 Å². The molecule has 128 valence electrons. The Bertz CT molecular complexity index is 517. The van der Waals surface area contributed by atoms with Crippen molar-refractivity contribution in [3.63, 3.8) is 0 Å².